The molecule has 1 aliphatic heterocycles. The van der Waals surface area contributed by atoms with Crippen molar-refractivity contribution in [2.75, 3.05) is 45.9 Å². The number of nitrogens with one attached hydrogen (secondary N) is 1. The summed E-state index contributed by atoms with van der Waals surface area (Å²) in [4.78, 5) is 19.4. The Labute approximate surface area is 165 Å². The number of ether oxygens (including phenoxy) is 3. The lowest BCUT2D eigenvalue weighted by Gasteiger charge is -2.32. The molecule has 1 saturated heterocycles. The van der Waals surface area contributed by atoms with Gasteiger partial charge in [0.15, 0.2) is 11.5 Å². The minimum Gasteiger partial charge on any atom is -0.493 e. The molecule has 1 amide bonds. The molecule has 1 aromatic heterocycles. The first-order chi connectivity index (χ1) is 13.7. The zero-order chi connectivity index (χ0) is 19.9. The van der Waals surface area contributed by atoms with Crippen LogP contribution in [0.2, 0.25) is 0 Å². The Morgan fingerprint density at radius 1 is 1.07 bits per heavy atom. The van der Waals surface area contributed by atoms with Crippen molar-refractivity contribution in [3.05, 3.63) is 42.1 Å². The quantitative estimate of drug-likeness (QED) is 0.790. The smallest absolute Gasteiger partial charge is 0.255 e. The van der Waals surface area contributed by atoms with E-state index >= 15 is 0 Å². The van der Waals surface area contributed by atoms with Crippen LogP contribution in [0.1, 0.15) is 23.2 Å². The molecule has 1 aromatic carbocycles. The maximum absolute atomic E-state index is 12.7. The molecule has 0 unspecified atom stereocenters. The molecule has 150 valence electrons. The van der Waals surface area contributed by atoms with Crippen LogP contribution in [0.25, 0.3) is 0 Å². The number of piperidine rings is 1. The van der Waals surface area contributed by atoms with Gasteiger partial charge in [0, 0.05) is 25.8 Å². The Hall–Kier alpha value is -2.96. The number of pyridine rings is 1. The lowest BCUT2D eigenvalue weighted by Crippen LogP contribution is -2.39. The Morgan fingerprint density at radius 2 is 1.82 bits per heavy atom. The van der Waals surface area contributed by atoms with Gasteiger partial charge in [-0.3, -0.25) is 4.79 Å². The van der Waals surface area contributed by atoms with Gasteiger partial charge in [0.25, 0.3) is 5.91 Å². The zero-order valence-electron chi connectivity index (χ0n) is 16.6. The molecule has 1 fully saturated rings. The summed E-state index contributed by atoms with van der Waals surface area (Å²) in [5.74, 6) is 2.60. The number of carbonyl (C=O) groups excluding carboxylic acids is 1. The summed E-state index contributed by atoms with van der Waals surface area (Å²) in [6.07, 6.45) is 3.85. The molecule has 1 aliphatic rings. The summed E-state index contributed by atoms with van der Waals surface area (Å²) in [7, 11) is 4.59. The van der Waals surface area contributed by atoms with Crippen molar-refractivity contribution in [3.8, 4) is 17.2 Å². The van der Waals surface area contributed by atoms with E-state index in [1.165, 1.54) is 14.2 Å². The van der Waals surface area contributed by atoms with Crippen LogP contribution in [0.4, 0.5) is 5.82 Å². The first kappa shape index (κ1) is 19.8. The molecule has 2 heterocycles. The van der Waals surface area contributed by atoms with Crippen LogP contribution in [0, 0.1) is 5.92 Å². The van der Waals surface area contributed by atoms with E-state index in [4.69, 9.17) is 14.2 Å². The normalized spacial score (nSPS) is 14.5. The molecule has 0 spiro atoms. The Kier molecular flexibility index (Phi) is 6.57. The number of nitrogens with zero attached hydrogens (tertiary/aromatic N) is 2. The summed E-state index contributed by atoms with van der Waals surface area (Å²) in [6, 6.07) is 9.37. The molecule has 0 aliphatic carbocycles. The number of hydrogen-bond acceptors (Lipinski definition) is 6. The fourth-order valence-corrected chi connectivity index (χ4v) is 3.52. The van der Waals surface area contributed by atoms with Crippen molar-refractivity contribution >= 4 is 11.7 Å². The van der Waals surface area contributed by atoms with Crippen molar-refractivity contribution < 1.29 is 19.0 Å². The van der Waals surface area contributed by atoms with Crippen LogP contribution in [0.3, 0.4) is 0 Å². The van der Waals surface area contributed by atoms with Crippen LogP contribution < -0.4 is 24.4 Å². The first-order valence-corrected chi connectivity index (χ1v) is 9.41. The van der Waals surface area contributed by atoms with E-state index in [-0.39, 0.29) is 5.91 Å². The van der Waals surface area contributed by atoms with Crippen LogP contribution in [0.5, 0.6) is 17.2 Å². The fourth-order valence-electron chi connectivity index (χ4n) is 3.52. The SMILES string of the molecule is COc1ccc(C(=O)NCC2CCN(c3ccccn3)CC2)c(OC)c1OC. The van der Waals surface area contributed by atoms with E-state index in [0.29, 0.717) is 35.3 Å². The minimum atomic E-state index is -0.176. The van der Waals surface area contributed by atoms with Gasteiger partial charge in [0.1, 0.15) is 5.82 Å². The number of methoxy groups -OCH3 is 3. The van der Waals surface area contributed by atoms with Gasteiger partial charge in [0.2, 0.25) is 5.75 Å². The molecule has 1 N–H and O–H groups in total. The van der Waals surface area contributed by atoms with Crippen molar-refractivity contribution in [2.24, 2.45) is 5.92 Å². The van der Waals surface area contributed by atoms with E-state index in [9.17, 15) is 4.79 Å². The molecule has 28 heavy (non-hydrogen) atoms. The summed E-state index contributed by atoms with van der Waals surface area (Å²) in [6.45, 7) is 2.51. The zero-order valence-corrected chi connectivity index (χ0v) is 16.6. The molecule has 0 bridgehead atoms. The molecule has 3 rings (SSSR count). The number of anilines is 1. The van der Waals surface area contributed by atoms with E-state index in [1.807, 2.05) is 24.4 Å². The van der Waals surface area contributed by atoms with Gasteiger partial charge in [-0.15, -0.1) is 0 Å². The monoisotopic (exact) mass is 385 g/mol. The summed E-state index contributed by atoms with van der Waals surface area (Å²) in [5, 5.41) is 3.04. The highest BCUT2D eigenvalue weighted by Crippen LogP contribution is 2.39. The molecule has 2 aromatic rings. The Morgan fingerprint density at radius 3 is 2.43 bits per heavy atom. The van der Waals surface area contributed by atoms with Crippen LogP contribution >= 0.6 is 0 Å². The minimum absolute atomic E-state index is 0.176. The van der Waals surface area contributed by atoms with Gasteiger partial charge in [-0.1, -0.05) is 6.07 Å². The fraction of sp³-hybridized carbons (Fsp3) is 0.429. The van der Waals surface area contributed by atoms with Gasteiger partial charge >= 0.3 is 0 Å². The highest BCUT2D eigenvalue weighted by atomic mass is 16.5. The number of amides is 1. The molecule has 0 atom stereocenters. The molecular formula is C21H27N3O4. The number of rotatable bonds is 7. The third-order valence-corrected chi connectivity index (χ3v) is 5.09. The largest absolute Gasteiger partial charge is 0.493 e. The standard InChI is InChI=1S/C21H27N3O4/c1-26-17-8-7-16(19(27-2)20(17)28-3)21(25)23-14-15-9-12-24(13-10-15)18-6-4-5-11-22-18/h4-8,11,15H,9-10,12-14H2,1-3H3,(H,23,25). The maximum Gasteiger partial charge on any atom is 0.255 e. The second-order valence-electron chi connectivity index (χ2n) is 6.71. The summed E-state index contributed by atoms with van der Waals surface area (Å²) >= 11 is 0. The number of aromatic nitrogens is 1. The summed E-state index contributed by atoms with van der Waals surface area (Å²) < 4.78 is 16.0. The number of benzene rings is 1. The van der Waals surface area contributed by atoms with Crippen LogP contribution in [-0.4, -0.2) is 51.9 Å². The van der Waals surface area contributed by atoms with E-state index < -0.39 is 0 Å². The lowest BCUT2D eigenvalue weighted by molar-refractivity contribution is 0.0941. The highest BCUT2D eigenvalue weighted by Gasteiger charge is 2.23. The second kappa shape index (κ2) is 9.30. The maximum atomic E-state index is 12.7. The van der Waals surface area contributed by atoms with E-state index in [2.05, 4.69) is 15.2 Å². The van der Waals surface area contributed by atoms with E-state index in [0.717, 1.165) is 31.7 Å². The molecule has 7 nitrogen and oxygen atoms in total. The van der Waals surface area contributed by atoms with Gasteiger partial charge < -0.3 is 24.4 Å². The predicted molar refractivity (Wildman–Crippen MR) is 108 cm³/mol. The number of hydrogen-bond donors (Lipinski definition) is 1. The molecule has 7 heteroatoms. The summed E-state index contributed by atoms with van der Waals surface area (Å²) in [5.41, 5.74) is 0.436. The average Bonchev–Trinajstić information content (AvgIpc) is 2.77. The van der Waals surface area contributed by atoms with Crippen molar-refractivity contribution in [1.29, 1.82) is 0 Å². The van der Waals surface area contributed by atoms with Gasteiger partial charge in [-0.05, 0) is 43.0 Å². The molecule has 0 radical (unpaired) electrons. The highest BCUT2D eigenvalue weighted by molar-refractivity contribution is 5.98. The van der Waals surface area contributed by atoms with Crippen LogP contribution in [-0.2, 0) is 0 Å². The third kappa shape index (κ3) is 4.30. The van der Waals surface area contributed by atoms with Crippen molar-refractivity contribution in [2.45, 2.75) is 12.8 Å². The van der Waals surface area contributed by atoms with Gasteiger partial charge in [-0.2, -0.15) is 0 Å². The molecular weight excluding hydrogens is 358 g/mol. The van der Waals surface area contributed by atoms with Crippen molar-refractivity contribution in [1.82, 2.24) is 10.3 Å². The topological polar surface area (TPSA) is 72.9 Å². The average molecular weight is 385 g/mol. The first-order valence-electron chi connectivity index (χ1n) is 9.41. The number of carbonyl (C=O) groups is 1. The predicted octanol–water partition coefficient (Wildman–Crippen LogP) is 2.75. The Balaban J connectivity index is 1.58. The van der Waals surface area contributed by atoms with Gasteiger partial charge in [-0.25, -0.2) is 4.98 Å². The van der Waals surface area contributed by atoms with E-state index in [1.54, 1.807) is 19.2 Å². The second-order valence-corrected chi connectivity index (χ2v) is 6.71. The van der Waals surface area contributed by atoms with Gasteiger partial charge in [0.05, 0.1) is 26.9 Å². The Bertz CT molecular complexity index is 790. The molecule has 0 saturated carbocycles. The lowest BCUT2D eigenvalue weighted by atomic mass is 9.96. The van der Waals surface area contributed by atoms with Crippen molar-refractivity contribution in [3.63, 3.8) is 0 Å². The van der Waals surface area contributed by atoms with Crippen LogP contribution in [0.15, 0.2) is 36.5 Å². The third-order valence-electron chi connectivity index (χ3n) is 5.09.